The third-order valence-electron chi connectivity index (χ3n) is 4.55. The molecule has 1 fully saturated rings. The molecule has 2 rings (SSSR count). The van der Waals surface area contributed by atoms with E-state index < -0.39 is 0 Å². The number of aryl methyl sites for hydroxylation is 1. The lowest BCUT2D eigenvalue weighted by molar-refractivity contribution is -0.121. The Morgan fingerprint density at radius 3 is 2.46 bits per heavy atom. The fourth-order valence-electron chi connectivity index (χ4n) is 3.04. The number of hydrogen-bond donors (Lipinski definition) is 2. The molecule has 1 aliphatic heterocycles. The molecule has 0 bridgehead atoms. The molecule has 1 heterocycles. The molecule has 0 radical (unpaired) electrons. The molecule has 1 saturated heterocycles. The Morgan fingerprint density at radius 1 is 1.19 bits per heavy atom. The van der Waals surface area contributed by atoms with E-state index >= 15 is 0 Å². The summed E-state index contributed by atoms with van der Waals surface area (Å²) in [6, 6.07) is 8.00. The number of hydrogen-bond acceptors (Lipinski definition) is 2. The number of carbonyl (C=O) groups is 2. The van der Waals surface area contributed by atoms with Crippen LogP contribution in [-0.2, 0) is 11.2 Å². The fraction of sp³-hybridized carbons (Fsp3) is 0.600. The van der Waals surface area contributed by atoms with Crippen LogP contribution < -0.4 is 10.6 Å². The lowest BCUT2D eigenvalue weighted by Gasteiger charge is -2.34. The third-order valence-corrected chi connectivity index (χ3v) is 5.32. The van der Waals surface area contributed by atoms with E-state index in [-0.39, 0.29) is 17.5 Å². The van der Waals surface area contributed by atoms with Crippen LogP contribution in [0.2, 0.25) is 0 Å². The lowest BCUT2D eigenvalue weighted by atomic mass is 9.97. The van der Waals surface area contributed by atoms with E-state index in [2.05, 4.69) is 26.6 Å². The van der Waals surface area contributed by atoms with Crippen molar-refractivity contribution in [2.45, 2.75) is 52.0 Å². The van der Waals surface area contributed by atoms with Crippen LogP contribution in [0, 0.1) is 5.92 Å². The summed E-state index contributed by atoms with van der Waals surface area (Å²) in [5.41, 5.74) is 0.941. The maximum Gasteiger partial charge on any atom is 0.317 e. The number of benzene rings is 1. The number of likely N-dealkylation sites (tertiary alicyclic amines) is 1. The topological polar surface area (TPSA) is 61.4 Å². The van der Waals surface area contributed by atoms with E-state index in [1.807, 2.05) is 49.9 Å². The van der Waals surface area contributed by atoms with Crippen molar-refractivity contribution in [3.05, 3.63) is 34.3 Å². The van der Waals surface area contributed by atoms with Crippen molar-refractivity contribution in [2.75, 3.05) is 19.6 Å². The summed E-state index contributed by atoms with van der Waals surface area (Å²) in [4.78, 5) is 26.1. The minimum Gasteiger partial charge on any atom is -0.356 e. The predicted molar refractivity (Wildman–Crippen MR) is 108 cm³/mol. The van der Waals surface area contributed by atoms with Gasteiger partial charge in [0.2, 0.25) is 5.91 Å². The molecule has 0 aliphatic carbocycles. The normalized spacial score (nSPS) is 15.6. The van der Waals surface area contributed by atoms with Crippen LogP contribution in [-0.4, -0.2) is 42.0 Å². The first-order valence-electron chi connectivity index (χ1n) is 9.32. The highest BCUT2D eigenvalue weighted by Crippen LogP contribution is 2.18. The first-order chi connectivity index (χ1) is 12.2. The largest absolute Gasteiger partial charge is 0.356 e. The van der Waals surface area contributed by atoms with Gasteiger partial charge in [0, 0.05) is 36.1 Å². The van der Waals surface area contributed by atoms with E-state index in [0.717, 1.165) is 42.4 Å². The predicted octanol–water partition coefficient (Wildman–Crippen LogP) is 3.72. The Kier molecular flexibility index (Phi) is 7.50. The minimum atomic E-state index is -0.213. The van der Waals surface area contributed by atoms with Gasteiger partial charge in [0.1, 0.15) is 0 Å². The Balaban J connectivity index is 1.66. The average Bonchev–Trinajstić information content (AvgIpc) is 2.58. The zero-order valence-corrected chi connectivity index (χ0v) is 17.6. The van der Waals surface area contributed by atoms with Gasteiger partial charge in [-0.05, 0) is 57.6 Å². The number of halogens is 1. The molecule has 6 heteroatoms. The van der Waals surface area contributed by atoms with Gasteiger partial charge in [-0.25, -0.2) is 4.79 Å². The van der Waals surface area contributed by atoms with Crippen molar-refractivity contribution in [2.24, 2.45) is 5.92 Å². The molecule has 0 atom stereocenters. The summed E-state index contributed by atoms with van der Waals surface area (Å²) in [5, 5.41) is 6.06. The highest BCUT2D eigenvalue weighted by molar-refractivity contribution is 9.10. The van der Waals surface area contributed by atoms with E-state index in [1.165, 1.54) is 0 Å². The van der Waals surface area contributed by atoms with Gasteiger partial charge in [-0.15, -0.1) is 0 Å². The number of urea groups is 1. The van der Waals surface area contributed by atoms with Crippen molar-refractivity contribution < 1.29 is 9.59 Å². The molecule has 3 amide bonds. The van der Waals surface area contributed by atoms with Crippen LogP contribution in [0.3, 0.4) is 0 Å². The number of nitrogens with zero attached hydrogens (tertiary/aromatic N) is 1. The van der Waals surface area contributed by atoms with Gasteiger partial charge in [0.25, 0.3) is 0 Å². The SMILES string of the molecule is CC(C)(C)NC(=O)N1CCC(CNC(=O)CCc2ccccc2Br)CC1. The number of amides is 3. The van der Waals surface area contributed by atoms with Crippen LogP contribution in [0.15, 0.2) is 28.7 Å². The van der Waals surface area contributed by atoms with Crippen LogP contribution in [0.1, 0.15) is 45.6 Å². The molecular formula is C20H30BrN3O2. The van der Waals surface area contributed by atoms with Gasteiger partial charge in [-0.1, -0.05) is 34.1 Å². The Hall–Kier alpha value is -1.56. The van der Waals surface area contributed by atoms with Gasteiger partial charge in [-0.2, -0.15) is 0 Å². The van der Waals surface area contributed by atoms with Crippen LogP contribution in [0.4, 0.5) is 4.79 Å². The molecule has 26 heavy (non-hydrogen) atoms. The van der Waals surface area contributed by atoms with Crippen LogP contribution >= 0.6 is 15.9 Å². The summed E-state index contributed by atoms with van der Waals surface area (Å²) in [6.45, 7) is 8.16. The number of carbonyl (C=O) groups excluding carboxylic acids is 2. The Labute approximate surface area is 165 Å². The average molecular weight is 424 g/mol. The molecule has 144 valence electrons. The Bertz CT molecular complexity index is 620. The second kappa shape index (κ2) is 9.40. The van der Waals surface area contributed by atoms with Crippen molar-refractivity contribution in [3.8, 4) is 0 Å². The van der Waals surface area contributed by atoms with E-state index in [9.17, 15) is 9.59 Å². The molecule has 0 unspecified atom stereocenters. The second-order valence-corrected chi connectivity index (χ2v) is 8.86. The molecule has 5 nitrogen and oxygen atoms in total. The highest BCUT2D eigenvalue weighted by atomic mass is 79.9. The van der Waals surface area contributed by atoms with Crippen molar-refractivity contribution in [3.63, 3.8) is 0 Å². The first-order valence-corrected chi connectivity index (χ1v) is 10.1. The maximum absolute atomic E-state index is 12.2. The summed E-state index contributed by atoms with van der Waals surface area (Å²) in [5.74, 6) is 0.537. The molecule has 0 saturated carbocycles. The second-order valence-electron chi connectivity index (χ2n) is 8.01. The molecule has 1 aromatic rings. The Morgan fingerprint density at radius 2 is 1.85 bits per heavy atom. The molecule has 1 aliphatic rings. The molecular weight excluding hydrogens is 394 g/mol. The van der Waals surface area contributed by atoms with Gasteiger partial charge in [-0.3, -0.25) is 4.79 Å². The quantitative estimate of drug-likeness (QED) is 0.757. The van der Waals surface area contributed by atoms with Crippen molar-refractivity contribution >= 4 is 27.9 Å². The zero-order valence-electron chi connectivity index (χ0n) is 16.0. The molecule has 0 aromatic heterocycles. The molecule has 0 spiro atoms. The zero-order chi connectivity index (χ0) is 19.2. The van der Waals surface area contributed by atoms with E-state index in [1.54, 1.807) is 0 Å². The standard InChI is InChI=1S/C20H30BrN3O2/c1-20(2,3)23-19(26)24-12-10-15(11-13-24)14-22-18(25)9-8-16-6-4-5-7-17(16)21/h4-7,15H,8-14H2,1-3H3,(H,22,25)(H,23,26). The van der Waals surface area contributed by atoms with E-state index in [0.29, 0.717) is 18.9 Å². The summed E-state index contributed by atoms with van der Waals surface area (Å²) in [6.07, 6.45) is 3.10. The number of piperidine rings is 1. The number of rotatable bonds is 5. The minimum absolute atomic E-state index is 0.00780. The third kappa shape index (κ3) is 6.98. The van der Waals surface area contributed by atoms with Crippen LogP contribution in [0.25, 0.3) is 0 Å². The van der Waals surface area contributed by atoms with Crippen molar-refractivity contribution in [1.82, 2.24) is 15.5 Å². The molecule has 2 N–H and O–H groups in total. The fourth-order valence-corrected chi connectivity index (χ4v) is 3.52. The van der Waals surface area contributed by atoms with Gasteiger partial charge in [0.05, 0.1) is 0 Å². The first kappa shape index (κ1) is 20.7. The maximum atomic E-state index is 12.2. The van der Waals surface area contributed by atoms with Gasteiger partial charge in [0.15, 0.2) is 0 Å². The summed E-state index contributed by atoms with van der Waals surface area (Å²) in [7, 11) is 0. The molecule has 1 aromatic carbocycles. The van der Waals surface area contributed by atoms with E-state index in [4.69, 9.17) is 0 Å². The summed E-state index contributed by atoms with van der Waals surface area (Å²) < 4.78 is 1.05. The smallest absolute Gasteiger partial charge is 0.317 e. The van der Waals surface area contributed by atoms with Crippen LogP contribution in [0.5, 0.6) is 0 Å². The monoisotopic (exact) mass is 423 g/mol. The highest BCUT2D eigenvalue weighted by Gasteiger charge is 2.25. The summed E-state index contributed by atoms with van der Waals surface area (Å²) >= 11 is 3.51. The number of nitrogens with one attached hydrogen (secondary N) is 2. The van der Waals surface area contributed by atoms with Gasteiger partial charge >= 0.3 is 6.03 Å². The lowest BCUT2D eigenvalue weighted by Crippen LogP contribution is -2.51. The van der Waals surface area contributed by atoms with Gasteiger partial charge < -0.3 is 15.5 Å². The van der Waals surface area contributed by atoms with Crippen molar-refractivity contribution in [1.29, 1.82) is 0 Å².